The third-order valence-corrected chi connectivity index (χ3v) is 6.04. The molecule has 3 rings (SSSR count). The van der Waals surface area contributed by atoms with Crippen molar-refractivity contribution in [2.45, 2.75) is 43.7 Å². The number of aliphatic hydroxyl groups is 1. The molecule has 2 unspecified atom stereocenters. The molecule has 1 N–H and O–H groups in total. The van der Waals surface area contributed by atoms with E-state index in [4.69, 9.17) is 11.6 Å². The van der Waals surface area contributed by atoms with Crippen LogP contribution < -0.4 is 0 Å². The lowest BCUT2D eigenvalue weighted by Gasteiger charge is -2.44. The maximum Gasteiger partial charge on any atom is 0.137 e. The van der Waals surface area contributed by atoms with Gasteiger partial charge >= 0.3 is 0 Å². The van der Waals surface area contributed by atoms with Gasteiger partial charge in [-0.05, 0) is 18.4 Å². The van der Waals surface area contributed by atoms with Gasteiger partial charge in [-0.15, -0.1) is 11.6 Å². The molecule has 1 saturated carbocycles. The van der Waals surface area contributed by atoms with Gasteiger partial charge in [0.05, 0.1) is 17.0 Å². The van der Waals surface area contributed by atoms with E-state index in [1.165, 1.54) is 6.33 Å². The van der Waals surface area contributed by atoms with E-state index < -0.39 is 15.9 Å². The normalized spacial score (nSPS) is 31.4. The van der Waals surface area contributed by atoms with Crippen LogP contribution in [0, 0.1) is 5.41 Å². The van der Waals surface area contributed by atoms with Crippen LogP contribution in [0.1, 0.15) is 32.3 Å². The van der Waals surface area contributed by atoms with Crippen molar-refractivity contribution in [2.24, 2.45) is 5.41 Å². The highest BCUT2D eigenvalue weighted by atomic mass is 35.5. The maximum absolute atomic E-state index is 11.2. The van der Waals surface area contributed by atoms with Crippen LogP contribution in [0.5, 0.6) is 0 Å². The SMILES string of the molecule is CC1(C)C(O)(Cn2cncn2)CCC1(Cl)c1ccccc1. The van der Waals surface area contributed by atoms with Gasteiger partial charge in [0.2, 0.25) is 0 Å². The molecule has 0 bridgehead atoms. The van der Waals surface area contributed by atoms with E-state index in [1.807, 2.05) is 44.2 Å². The van der Waals surface area contributed by atoms with Crippen LogP contribution >= 0.6 is 11.6 Å². The lowest BCUT2D eigenvalue weighted by Crippen LogP contribution is -2.50. The standard InChI is InChI=1S/C16H20ClN3O/c1-14(2)15(21,10-20-12-18-11-19-20)8-9-16(14,17)13-6-4-3-5-7-13/h3-7,11-12,21H,8-10H2,1-2H3. The van der Waals surface area contributed by atoms with E-state index in [1.54, 1.807) is 11.0 Å². The summed E-state index contributed by atoms with van der Waals surface area (Å²) in [6.07, 6.45) is 4.48. The lowest BCUT2D eigenvalue weighted by molar-refractivity contribution is -0.0693. The number of nitrogens with zero attached hydrogens (tertiary/aromatic N) is 3. The lowest BCUT2D eigenvalue weighted by atomic mass is 9.69. The fourth-order valence-corrected chi connectivity index (χ4v) is 3.84. The van der Waals surface area contributed by atoms with Gasteiger partial charge < -0.3 is 5.11 Å². The fraction of sp³-hybridized carbons (Fsp3) is 0.500. The van der Waals surface area contributed by atoms with Gasteiger partial charge in [-0.3, -0.25) is 4.68 Å². The fourth-order valence-electron chi connectivity index (χ4n) is 3.44. The smallest absolute Gasteiger partial charge is 0.137 e. The summed E-state index contributed by atoms with van der Waals surface area (Å²) in [5, 5.41) is 15.3. The Kier molecular flexibility index (Phi) is 3.34. The largest absolute Gasteiger partial charge is 0.387 e. The summed E-state index contributed by atoms with van der Waals surface area (Å²) in [5.41, 5.74) is -0.348. The third kappa shape index (κ3) is 2.09. The van der Waals surface area contributed by atoms with Crippen molar-refractivity contribution in [3.8, 4) is 0 Å². The number of benzene rings is 1. The molecule has 1 aromatic heterocycles. The topological polar surface area (TPSA) is 50.9 Å². The summed E-state index contributed by atoms with van der Waals surface area (Å²) < 4.78 is 1.68. The molecule has 1 aromatic carbocycles. The molecule has 0 saturated heterocycles. The van der Waals surface area contributed by atoms with Gasteiger partial charge in [-0.2, -0.15) is 5.10 Å². The molecule has 1 aliphatic rings. The first-order valence-electron chi connectivity index (χ1n) is 7.18. The molecule has 4 nitrogen and oxygen atoms in total. The molecule has 1 heterocycles. The molecule has 21 heavy (non-hydrogen) atoms. The van der Waals surface area contributed by atoms with Crippen LogP contribution in [-0.4, -0.2) is 25.5 Å². The summed E-state index contributed by atoms with van der Waals surface area (Å²) in [7, 11) is 0. The second-order valence-corrected chi connectivity index (χ2v) is 7.06. The van der Waals surface area contributed by atoms with E-state index in [0.717, 1.165) is 12.0 Å². The van der Waals surface area contributed by atoms with Crippen molar-refractivity contribution < 1.29 is 5.11 Å². The molecule has 5 heteroatoms. The van der Waals surface area contributed by atoms with Crippen LogP contribution in [0.4, 0.5) is 0 Å². The molecule has 0 amide bonds. The number of hydrogen-bond acceptors (Lipinski definition) is 3. The molecule has 0 radical (unpaired) electrons. The highest BCUT2D eigenvalue weighted by molar-refractivity contribution is 6.24. The minimum atomic E-state index is -0.918. The molecule has 1 aliphatic carbocycles. The average molecular weight is 306 g/mol. The number of alkyl halides is 1. The van der Waals surface area contributed by atoms with Crippen molar-refractivity contribution in [1.29, 1.82) is 0 Å². The first-order valence-corrected chi connectivity index (χ1v) is 7.56. The second kappa shape index (κ2) is 4.82. The Morgan fingerprint density at radius 1 is 1.24 bits per heavy atom. The van der Waals surface area contributed by atoms with Crippen molar-refractivity contribution in [2.75, 3.05) is 0 Å². The van der Waals surface area contributed by atoms with Crippen molar-refractivity contribution >= 4 is 11.6 Å². The summed E-state index contributed by atoms with van der Waals surface area (Å²) in [5.74, 6) is 0. The van der Waals surface area contributed by atoms with Crippen LogP contribution in [-0.2, 0) is 11.4 Å². The predicted octanol–water partition coefficient (Wildman–Crippen LogP) is 2.96. The van der Waals surface area contributed by atoms with Crippen molar-refractivity contribution in [1.82, 2.24) is 14.8 Å². The van der Waals surface area contributed by atoms with E-state index in [0.29, 0.717) is 13.0 Å². The van der Waals surface area contributed by atoms with Gasteiger partial charge in [0.1, 0.15) is 12.7 Å². The molecular formula is C16H20ClN3O. The first kappa shape index (κ1) is 14.5. The molecule has 112 valence electrons. The zero-order valence-electron chi connectivity index (χ0n) is 12.3. The van der Waals surface area contributed by atoms with Gasteiger partial charge in [0.25, 0.3) is 0 Å². The zero-order chi connectivity index (χ0) is 15.1. The van der Waals surface area contributed by atoms with Gasteiger partial charge in [-0.1, -0.05) is 44.2 Å². The Morgan fingerprint density at radius 2 is 1.95 bits per heavy atom. The van der Waals surface area contributed by atoms with E-state index >= 15 is 0 Å². The van der Waals surface area contributed by atoms with Crippen LogP contribution in [0.3, 0.4) is 0 Å². The molecule has 1 fully saturated rings. The molecule has 0 spiro atoms. The van der Waals surface area contributed by atoms with Crippen molar-refractivity contribution in [3.05, 3.63) is 48.5 Å². The molecule has 0 aliphatic heterocycles. The van der Waals surface area contributed by atoms with E-state index in [-0.39, 0.29) is 0 Å². The average Bonchev–Trinajstić information content (AvgIpc) is 3.03. The highest BCUT2D eigenvalue weighted by Crippen LogP contribution is 2.61. The Bertz CT molecular complexity index is 614. The summed E-state index contributed by atoms with van der Waals surface area (Å²) in [6, 6.07) is 10.0. The monoisotopic (exact) mass is 305 g/mol. The highest BCUT2D eigenvalue weighted by Gasteiger charge is 2.62. The number of hydrogen-bond donors (Lipinski definition) is 1. The van der Waals surface area contributed by atoms with Gasteiger partial charge in [0, 0.05) is 5.41 Å². The van der Waals surface area contributed by atoms with Crippen LogP contribution in [0.25, 0.3) is 0 Å². The maximum atomic E-state index is 11.2. The van der Waals surface area contributed by atoms with Gasteiger partial charge in [0.15, 0.2) is 0 Å². The van der Waals surface area contributed by atoms with Gasteiger partial charge in [-0.25, -0.2) is 4.98 Å². The minimum absolute atomic E-state index is 0.404. The number of halogens is 1. The van der Waals surface area contributed by atoms with E-state index in [9.17, 15) is 5.11 Å². The molecule has 2 atom stereocenters. The Balaban J connectivity index is 1.97. The third-order valence-electron chi connectivity index (χ3n) is 5.16. The van der Waals surface area contributed by atoms with Crippen LogP contribution in [0.15, 0.2) is 43.0 Å². The summed E-state index contributed by atoms with van der Waals surface area (Å²) >= 11 is 7.01. The van der Waals surface area contributed by atoms with Crippen LogP contribution in [0.2, 0.25) is 0 Å². The number of aromatic nitrogens is 3. The summed E-state index contributed by atoms with van der Waals surface area (Å²) in [6.45, 7) is 4.48. The minimum Gasteiger partial charge on any atom is -0.387 e. The molecule has 2 aromatic rings. The van der Waals surface area contributed by atoms with Crippen molar-refractivity contribution in [3.63, 3.8) is 0 Å². The molecular weight excluding hydrogens is 286 g/mol. The zero-order valence-corrected chi connectivity index (χ0v) is 13.1. The Labute approximate surface area is 129 Å². The quantitative estimate of drug-likeness (QED) is 0.887. The second-order valence-electron chi connectivity index (χ2n) is 6.42. The summed E-state index contributed by atoms with van der Waals surface area (Å²) in [4.78, 5) is 3.37. The number of rotatable bonds is 3. The first-order chi connectivity index (χ1) is 9.89. The van der Waals surface area contributed by atoms with E-state index in [2.05, 4.69) is 10.1 Å². The Hall–Kier alpha value is -1.39. The predicted molar refractivity (Wildman–Crippen MR) is 82.0 cm³/mol. The Morgan fingerprint density at radius 3 is 2.57 bits per heavy atom.